The molecule has 0 aromatic heterocycles. The number of unbranched alkanes of at least 4 members (excludes halogenated alkanes) is 1. The van der Waals surface area contributed by atoms with Gasteiger partial charge < -0.3 is 4.74 Å². The van der Waals surface area contributed by atoms with Gasteiger partial charge in [0.05, 0.1) is 6.61 Å². The molecule has 0 saturated carbocycles. The van der Waals surface area contributed by atoms with Gasteiger partial charge in [-0.25, -0.2) is 0 Å². The first-order chi connectivity index (χ1) is 10.8. The molecule has 0 aliphatic heterocycles. The van der Waals surface area contributed by atoms with Crippen molar-refractivity contribution in [3.8, 4) is 17.6 Å². The topological polar surface area (TPSA) is 9.23 Å². The fraction of sp³-hybridized carbons (Fsp3) is 0.333. The Kier molecular flexibility index (Phi) is 6.58. The molecule has 0 amide bonds. The van der Waals surface area contributed by atoms with Crippen LogP contribution in [0.3, 0.4) is 0 Å². The summed E-state index contributed by atoms with van der Waals surface area (Å²) >= 11 is 0. The van der Waals surface area contributed by atoms with E-state index in [9.17, 15) is 0 Å². The van der Waals surface area contributed by atoms with Crippen molar-refractivity contribution in [1.82, 2.24) is 0 Å². The smallest absolute Gasteiger partial charge is 0.119 e. The number of rotatable bonds is 6. The van der Waals surface area contributed by atoms with Crippen LogP contribution in [0.4, 0.5) is 0 Å². The van der Waals surface area contributed by atoms with Crippen molar-refractivity contribution in [2.24, 2.45) is 0 Å². The first kappa shape index (κ1) is 16.2. The number of hydrogen-bond acceptors (Lipinski definition) is 1. The Morgan fingerprint density at radius 2 is 1.36 bits per heavy atom. The van der Waals surface area contributed by atoms with E-state index in [1.807, 2.05) is 24.3 Å². The zero-order valence-electron chi connectivity index (χ0n) is 13.6. The maximum absolute atomic E-state index is 5.57. The molecule has 0 aliphatic rings. The van der Waals surface area contributed by atoms with E-state index in [2.05, 4.69) is 50.0 Å². The minimum Gasteiger partial charge on any atom is -0.494 e. The molecule has 0 aliphatic carbocycles. The summed E-state index contributed by atoms with van der Waals surface area (Å²) in [6.07, 6.45) is 4.66. The van der Waals surface area contributed by atoms with Gasteiger partial charge >= 0.3 is 0 Å². The molecule has 22 heavy (non-hydrogen) atoms. The minimum atomic E-state index is 0.759. The standard InChI is InChI=1S/C21H24O/c1-3-5-6-18-7-9-19(10-8-18)11-12-20-13-15-21(16-14-20)22-17-4-2/h7-10,13-16H,3-6,17H2,1-2H3. The van der Waals surface area contributed by atoms with E-state index in [-0.39, 0.29) is 0 Å². The molecule has 0 radical (unpaired) electrons. The van der Waals surface area contributed by atoms with Crippen molar-refractivity contribution < 1.29 is 4.74 Å². The Labute approximate surface area is 134 Å². The van der Waals surface area contributed by atoms with Crippen LogP contribution in [-0.2, 0) is 6.42 Å². The van der Waals surface area contributed by atoms with E-state index in [1.54, 1.807) is 0 Å². The quantitative estimate of drug-likeness (QED) is 0.663. The summed E-state index contributed by atoms with van der Waals surface area (Å²) in [7, 11) is 0. The largest absolute Gasteiger partial charge is 0.494 e. The first-order valence-electron chi connectivity index (χ1n) is 8.15. The second-order valence-corrected chi connectivity index (χ2v) is 5.42. The molecule has 1 nitrogen and oxygen atoms in total. The average molecular weight is 292 g/mol. The monoisotopic (exact) mass is 292 g/mol. The summed E-state index contributed by atoms with van der Waals surface area (Å²) in [6.45, 7) is 5.08. The fourth-order valence-electron chi connectivity index (χ4n) is 2.13. The van der Waals surface area contributed by atoms with E-state index in [4.69, 9.17) is 4.74 Å². The minimum absolute atomic E-state index is 0.759. The van der Waals surface area contributed by atoms with Crippen LogP contribution in [-0.4, -0.2) is 6.61 Å². The van der Waals surface area contributed by atoms with E-state index in [0.29, 0.717) is 0 Å². The molecule has 2 aromatic rings. The third-order valence-corrected chi connectivity index (χ3v) is 3.45. The SMILES string of the molecule is CCCCc1ccc(C#Cc2ccc(OCCC)cc2)cc1. The highest BCUT2D eigenvalue weighted by molar-refractivity contribution is 5.44. The van der Waals surface area contributed by atoms with Gasteiger partial charge in [0.15, 0.2) is 0 Å². The number of hydrogen-bond donors (Lipinski definition) is 0. The van der Waals surface area contributed by atoms with Gasteiger partial charge in [-0.3, -0.25) is 0 Å². The average Bonchev–Trinajstić information content (AvgIpc) is 2.58. The Hall–Kier alpha value is -2.20. The molecular weight excluding hydrogens is 268 g/mol. The zero-order valence-corrected chi connectivity index (χ0v) is 13.6. The van der Waals surface area contributed by atoms with Gasteiger partial charge in [0.2, 0.25) is 0 Å². The summed E-state index contributed by atoms with van der Waals surface area (Å²) in [6, 6.07) is 16.6. The maximum atomic E-state index is 5.57. The lowest BCUT2D eigenvalue weighted by Gasteiger charge is -2.03. The zero-order chi connectivity index (χ0) is 15.6. The van der Waals surface area contributed by atoms with Crippen LogP contribution in [0.25, 0.3) is 0 Å². The van der Waals surface area contributed by atoms with Crippen LogP contribution in [0.2, 0.25) is 0 Å². The second-order valence-electron chi connectivity index (χ2n) is 5.42. The van der Waals surface area contributed by atoms with Crippen molar-refractivity contribution in [1.29, 1.82) is 0 Å². The van der Waals surface area contributed by atoms with Crippen LogP contribution in [0.1, 0.15) is 49.8 Å². The molecule has 1 heteroatoms. The van der Waals surface area contributed by atoms with Crippen molar-refractivity contribution in [2.45, 2.75) is 39.5 Å². The van der Waals surface area contributed by atoms with E-state index in [1.165, 1.54) is 18.4 Å². The lowest BCUT2D eigenvalue weighted by Crippen LogP contribution is -1.94. The maximum Gasteiger partial charge on any atom is 0.119 e. The molecule has 0 bridgehead atoms. The normalized spacial score (nSPS) is 9.91. The molecule has 114 valence electrons. The van der Waals surface area contributed by atoms with Crippen LogP contribution in [0.5, 0.6) is 5.75 Å². The first-order valence-corrected chi connectivity index (χ1v) is 8.15. The van der Waals surface area contributed by atoms with Crippen molar-refractivity contribution in [3.05, 3.63) is 65.2 Å². The summed E-state index contributed by atoms with van der Waals surface area (Å²) in [5.74, 6) is 7.33. The van der Waals surface area contributed by atoms with E-state index < -0.39 is 0 Å². The second kappa shape index (κ2) is 8.95. The van der Waals surface area contributed by atoms with Gasteiger partial charge in [0, 0.05) is 11.1 Å². The van der Waals surface area contributed by atoms with E-state index >= 15 is 0 Å². The summed E-state index contributed by atoms with van der Waals surface area (Å²) in [5.41, 5.74) is 3.47. The highest BCUT2D eigenvalue weighted by Gasteiger charge is 1.94. The van der Waals surface area contributed by atoms with Crippen molar-refractivity contribution in [2.75, 3.05) is 6.61 Å². The predicted molar refractivity (Wildman–Crippen MR) is 93.3 cm³/mol. The molecule has 2 rings (SSSR count). The Morgan fingerprint density at radius 1 is 0.773 bits per heavy atom. The molecule has 0 spiro atoms. The van der Waals surface area contributed by atoms with Gasteiger partial charge in [-0.05, 0) is 61.2 Å². The molecule has 0 atom stereocenters. The van der Waals surface area contributed by atoms with E-state index in [0.717, 1.165) is 36.3 Å². The predicted octanol–water partition coefficient (Wildman–Crippen LogP) is 5.22. The fourth-order valence-corrected chi connectivity index (χ4v) is 2.13. The lowest BCUT2D eigenvalue weighted by molar-refractivity contribution is 0.317. The number of ether oxygens (including phenoxy) is 1. The summed E-state index contributed by atoms with van der Waals surface area (Å²) in [5, 5.41) is 0. The van der Waals surface area contributed by atoms with Gasteiger partial charge in [0.25, 0.3) is 0 Å². The third-order valence-electron chi connectivity index (χ3n) is 3.45. The van der Waals surface area contributed by atoms with Crippen LogP contribution >= 0.6 is 0 Å². The van der Waals surface area contributed by atoms with Crippen molar-refractivity contribution >= 4 is 0 Å². The summed E-state index contributed by atoms with van der Waals surface area (Å²) < 4.78 is 5.57. The van der Waals surface area contributed by atoms with Gasteiger partial charge in [-0.1, -0.05) is 44.2 Å². The molecule has 0 N–H and O–H groups in total. The van der Waals surface area contributed by atoms with Gasteiger partial charge in [-0.2, -0.15) is 0 Å². The van der Waals surface area contributed by atoms with Gasteiger partial charge in [0.1, 0.15) is 5.75 Å². The molecular formula is C21H24O. The number of aryl methyl sites for hydroxylation is 1. The third kappa shape index (κ3) is 5.30. The lowest BCUT2D eigenvalue weighted by atomic mass is 10.1. The molecule has 0 heterocycles. The van der Waals surface area contributed by atoms with Crippen LogP contribution < -0.4 is 4.74 Å². The molecule has 0 fully saturated rings. The Morgan fingerprint density at radius 3 is 1.91 bits per heavy atom. The highest BCUT2D eigenvalue weighted by atomic mass is 16.5. The Bertz CT molecular complexity index is 556. The highest BCUT2D eigenvalue weighted by Crippen LogP contribution is 2.12. The molecule has 2 aromatic carbocycles. The van der Waals surface area contributed by atoms with Crippen LogP contribution in [0, 0.1) is 11.8 Å². The summed E-state index contributed by atoms with van der Waals surface area (Å²) in [4.78, 5) is 0. The van der Waals surface area contributed by atoms with Crippen LogP contribution in [0.15, 0.2) is 48.5 Å². The molecule has 0 saturated heterocycles. The van der Waals surface area contributed by atoms with Crippen molar-refractivity contribution in [3.63, 3.8) is 0 Å². The Balaban J connectivity index is 1.97. The number of benzene rings is 2. The molecule has 0 unspecified atom stereocenters. The van der Waals surface area contributed by atoms with Gasteiger partial charge in [-0.15, -0.1) is 0 Å².